The van der Waals surface area contributed by atoms with Crippen LogP contribution >= 0.6 is 0 Å². The lowest BCUT2D eigenvalue weighted by Gasteiger charge is -2.27. The second kappa shape index (κ2) is 5.07. The quantitative estimate of drug-likeness (QED) is 0.785. The van der Waals surface area contributed by atoms with Crippen molar-refractivity contribution in [2.45, 2.75) is 45.6 Å². The lowest BCUT2D eigenvalue weighted by molar-refractivity contribution is -0.133. The average Bonchev–Trinajstić information content (AvgIpc) is 2.63. The summed E-state index contributed by atoms with van der Waals surface area (Å²) in [4.78, 5) is 25.4. The van der Waals surface area contributed by atoms with Gasteiger partial charge < -0.3 is 10.2 Å². The van der Waals surface area contributed by atoms with Crippen LogP contribution in [0.4, 0.5) is 0 Å². The van der Waals surface area contributed by atoms with Crippen molar-refractivity contribution in [3.8, 4) is 0 Å². The Balaban J connectivity index is 1.98. The van der Waals surface area contributed by atoms with Crippen LogP contribution in [0.3, 0.4) is 0 Å². The number of carbonyl (C=O) groups is 2. The van der Waals surface area contributed by atoms with Crippen molar-refractivity contribution in [2.75, 3.05) is 13.1 Å². The smallest absolute Gasteiger partial charge is 0.244 e. The van der Waals surface area contributed by atoms with Crippen LogP contribution in [0, 0.1) is 11.8 Å². The minimum absolute atomic E-state index is 0.00665. The molecule has 1 saturated carbocycles. The third-order valence-corrected chi connectivity index (χ3v) is 4.16. The molecule has 1 N–H and O–H groups in total. The maximum atomic E-state index is 12.1. The summed E-state index contributed by atoms with van der Waals surface area (Å²) in [6.07, 6.45) is 4.22. The van der Waals surface area contributed by atoms with Crippen molar-refractivity contribution in [1.29, 1.82) is 0 Å². The zero-order valence-corrected chi connectivity index (χ0v) is 10.7. The highest BCUT2D eigenvalue weighted by atomic mass is 16.2. The van der Waals surface area contributed by atoms with Gasteiger partial charge in [0.15, 0.2) is 0 Å². The molecule has 2 amide bonds. The summed E-state index contributed by atoms with van der Waals surface area (Å²) >= 11 is 0. The van der Waals surface area contributed by atoms with Gasteiger partial charge in [-0.25, -0.2) is 0 Å². The minimum atomic E-state index is -0.360. The molecule has 4 heteroatoms. The Morgan fingerprint density at radius 2 is 2.06 bits per heavy atom. The van der Waals surface area contributed by atoms with Gasteiger partial charge in [-0.2, -0.15) is 0 Å². The second-order valence-electron chi connectivity index (χ2n) is 5.49. The van der Waals surface area contributed by atoms with Crippen LogP contribution in [0.25, 0.3) is 0 Å². The molecule has 4 nitrogen and oxygen atoms in total. The van der Waals surface area contributed by atoms with Crippen LogP contribution in [-0.2, 0) is 9.59 Å². The fraction of sp³-hybridized carbons (Fsp3) is 0.846. The standard InChI is InChI=1S/C13H22N2O2/c1-9-4-3-5-11(9)8-15-7-6-12(16)14-10(2)13(15)17/h9-11H,3-8H2,1-2H3,(H,14,16). The lowest BCUT2D eigenvalue weighted by Crippen LogP contribution is -2.44. The molecule has 0 spiro atoms. The van der Waals surface area contributed by atoms with Crippen molar-refractivity contribution in [3.63, 3.8) is 0 Å². The van der Waals surface area contributed by atoms with Crippen LogP contribution in [0.2, 0.25) is 0 Å². The van der Waals surface area contributed by atoms with Crippen LogP contribution < -0.4 is 5.32 Å². The number of amides is 2. The fourth-order valence-electron chi connectivity index (χ4n) is 2.95. The first-order valence-electron chi connectivity index (χ1n) is 6.66. The summed E-state index contributed by atoms with van der Waals surface area (Å²) in [7, 11) is 0. The van der Waals surface area contributed by atoms with E-state index in [1.807, 2.05) is 4.90 Å². The zero-order chi connectivity index (χ0) is 12.4. The van der Waals surface area contributed by atoms with Crippen LogP contribution in [0.15, 0.2) is 0 Å². The molecular weight excluding hydrogens is 216 g/mol. The molecule has 2 fully saturated rings. The molecule has 0 radical (unpaired) electrons. The molecule has 0 aromatic rings. The van der Waals surface area contributed by atoms with Gasteiger partial charge in [-0.3, -0.25) is 9.59 Å². The van der Waals surface area contributed by atoms with Gasteiger partial charge >= 0.3 is 0 Å². The summed E-state index contributed by atoms with van der Waals surface area (Å²) in [5, 5.41) is 2.73. The molecule has 3 atom stereocenters. The molecular formula is C13H22N2O2. The highest BCUT2D eigenvalue weighted by Crippen LogP contribution is 2.32. The van der Waals surface area contributed by atoms with E-state index in [9.17, 15) is 9.59 Å². The molecule has 0 aromatic heterocycles. The normalized spacial score (nSPS) is 34.7. The molecule has 0 aromatic carbocycles. The van der Waals surface area contributed by atoms with E-state index in [0.717, 1.165) is 6.54 Å². The Hall–Kier alpha value is -1.06. The van der Waals surface area contributed by atoms with Crippen molar-refractivity contribution >= 4 is 11.8 Å². The number of nitrogens with zero attached hydrogens (tertiary/aromatic N) is 1. The number of carbonyl (C=O) groups excluding carboxylic acids is 2. The fourth-order valence-corrected chi connectivity index (χ4v) is 2.95. The van der Waals surface area contributed by atoms with Crippen molar-refractivity contribution in [3.05, 3.63) is 0 Å². The number of nitrogens with one attached hydrogen (secondary N) is 1. The third-order valence-electron chi connectivity index (χ3n) is 4.16. The molecule has 3 unspecified atom stereocenters. The first kappa shape index (κ1) is 12.4. The molecule has 1 aliphatic carbocycles. The first-order chi connectivity index (χ1) is 8.08. The van der Waals surface area contributed by atoms with Gasteiger partial charge in [0.1, 0.15) is 6.04 Å². The molecule has 2 rings (SSSR count). The summed E-state index contributed by atoms with van der Waals surface area (Å²) in [5.41, 5.74) is 0. The molecule has 2 aliphatic rings. The Morgan fingerprint density at radius 3 is 2.71 bits per heavy atom. The van der Waals surface area contributed by atoms with E-state index in [2.05, 4.69) is 12.2 Å². The second-order valence-corrected chi connectivity index (χ2v) is 5.49. The third kappa shape index (κ3) is 2.79. The Morgan fingerprint density at radius 1 is 1.29 bits per heavy atom. The Labute approximate surface area is 103 Å². The van der Waals surface area contributed by atoms with E-state index in [1.54, 1.807) is 6.92 Å². The van der Waals surface area contributed by atoms with Gasteiger partial charge in [0.25, 0.3) is 0 Å². The van der Waals surface area contributed by atoms with E-state index in [-0.39, 0.29) is 17.9 Å². The molecule has 1 saturated heterocycles. The highest BCUT2D eigenvalue weighted by Gasteiger charge is 2.31. The van der Waals surface area contributed by atoms with E-state index in [0.29, 0.717) is 24.8 Å². The van der Waals surface area contributed by atoms with Gasteiger partial charge in [-0.05, 0) is 25.2 Å². The number of hydrogen-bond donors (Lipinski definition) is 1. The largest absolute Gasteiger partial charge is 0.345 e. The molecule has 1 aliphatic heterocycles. The van der Waals surface area contributed by atoms with E-state index in [1.165, 1.54) is 19.3 Å². The van der Waals surface area contributed by atoms with Crippen LogP contribution in [-0.4, -0.2) is 35.8 Å². The topological polar surface area (TPSA) is 49.4 Å². The molecule has 17 heavy (non-hydrogen) atoms. The van der Waals surface area contributed by atoms with Crippen molar-refractivity contribution < 1.29 is 9.59 Å². The zero-order valence-electron chi connectivity index (χ0n) is 10.7. The van der Waals surface area contributed by atoms with Crippen LogP contribution in [0.1, 0.15) is 39.5 Å². The average molecular weight is 238 g/mol. The number of hydrogen-bond acceptors (Lipinski definition) is 2. The predicted octanol–water partition coefficient (Wildman–Crippen LogP) is 1.16. The van der Waals surface area contributed by atoms with Gasteiger partial charge in [0.05, 0.1) is 0 Å². The monoisotopic (exact) mass is 238 g/mol. The maximum absolute atomic E-state index is 12.1. The lowest BCUT2D eigenvalue weighted by atomic mass is 9.97. The Kier molecular flexibility index (Phi) is 3.69. The molecule has 1 heterocycles. The molecule has 96 valence electrons. The van der Waals surface area contributed by atoms with Crippen molar-refractivity contribution in [1.82, 2.24) is 10.2 Å². The number of rotatable bonds is 2. The van der Waals surface area contributed by atoms with E-state index in [4.69, 9.17) is 0 Å². The molecule has 0 bridgehead atoms. The highest BCUT2D eigenvalue weighted by molar-refractivity contribution is 5.89. The first-order valence-corrected chi connectivity index (χ1v) is 6.66. The van der Waals surface area contributed by atoms with E-state index < -0.39 is 0 Å². The van der Waals surface area contributed by atoms with E-state index >= 15 is 0 Å². The van der Waals surface area contributed by atoms with Gasteiger partial charge in [0, 0.05) is 19.5 Å². The minimum Gasteiger partial charge on any atom is -0.345 e. The van der Waals surface area contributed by atoms with Crippen molar-refractivity contribution in [2.24, 2.45) is 11.8 Å². The van der Waals surface area contributed by atoms with Gasteiger partial charge in [-0.1, -0.05) is 19.8 Å². The summed E-state index contributed by atoms with van der Waals surface area (Å²) in [5.74, 6) is 1.41. The maximum Gasteiger partial charge on any atom is 0.244 e. The Bertz CT molecular complexity index is 317. The predicted molar refractivity (Wildman–Crippen MR) is 65.3 cm³/mol. The SMILES string of the molecule is CC1NC(=O)CCN(CC2CCCC2C)C1=O. The summed E-state index contributed by atoms with van der Waals surface area (Å²) < 4.78 is 0. The summed E-state index contributed by atoms with van der Waals surface area (Å²) in [6, 6.07) is -0.360. The van der Waals surface area contributed by atoms with Gasteiger partial charge in [-0.15, -0.1) is 0 Å². The van der Waals surface area contributed by atoms with Crippen LogP contribution in [0.5, 0.6) is 0 Å². The summed E-state index contributed by atoms with van der Waals surface area (Å²) in [6.45, 7) is 5.46. The van der Waals surface area contributed by atoms with Gasteiger partial charge in [0.2, 0.25) is 11.8 Å².